The highest BCUT2D eigenvalue weighted by molar-refractivity contribution is 7.86. The number of rotatable bonds is 6. The molecule has 5 nitrogen and oxygen atoms in total. The summed E-state index contributed by atoms with van der Waals surface area (Å²) in [5.74, 6) is 2.31. The Balaban J connectivity index is 1.31. The summed E-state index contributed by atoms with van der Waals surface area (Å²) in [6.45, 7) is 23.0. The van der Waals surface area contributed by atoms with E-state index >= 15 is 0 Å². The monoisotopic (exact) mass is 638 g/mol. The Morgan fingerprint density at radius 3 is 2.18 bits per heavy atom. The smallest absolute Gasteiger partial charge is 0.302 e. The SMILES string of the molecule is C=C(C)[C@@H]1CC[C@]2(COS(=O)(=O)c3ccc(C)cc3)CC[C@]3(C)[C@H](CC[C@@H]4[C@@]5(C)CC[C@H](OC(C)=O)C(C)(C)[C@H]5CC[C@]43C)[C@H]12. The standard InChI is InChI=1S/C39H58O5S/c1-25(2)29-16-21-39(24-43-45(41,42)28-12-10-26(3)11-13-28)23-22-37(8)30(34(29)39)14-15-32-36(7)19-18-33(44-27(4)40)35(5,6)31(36)17-20-38(32,37)9/h10-13,29-34H,1,14-24H2,2-9H3/t29-,30+,31+,32+,33-,34-,36-,37+,38+,39+/m0/s1. The molecule has 6 heteroatoms. The Hall–Kier alpha value is -1.66. The molecule has 0 saturated heterocycles. The number of benzene rings is 1. The molecule has 0 N–H and O–H groups in total. The second-order valence-corrected chi connectivity index (χ2v) is 19.2. The van der Waals surface area contributed by atoms with Crippen LogP contribution < -0.4 is 0 Å². The molecule has 0 aromatic heterocycles. The van der Waals surface area contributed by atoms with Gasteiger partial charge in [-0.15, -0.1) is 0 Å². The first-order valence-electron chi connectivity index (χ1n) is 17.7. The van der Waals surface area contributed by atoms with Crippen LogP contribution in [-0.2, 0) is 23.8 Å². The van der Waals surface area contributed by atoms with Crippen molar-refractivity contribution in [1.82, 2.24) is 0 Å². The third-order valence-corrected chi connectivity index (χ3v) is 16.6. The molecule has 5 fully saturated rings. The first-order valence-corrected chi connectivity index (χ1v) is 19.1. The molecule has 1 aromatic rings. The molecular formula is C39H58O5S. The van der Waals surface area contributed by atoms with Gasteiger partial charge in [-0.25, -0.2) is 0 Å². The maximum Gasteiger partial charge on any atom is 0.302 e. The second-order valence-electron chi connectivity index (χ2n) is 17.5. The predicted octanol–water partition coefficient (Wildman–Crippen LogP) is 9.29. The highest BCUT2D eigenvalue weighted by Crippen LogP contribution is 2.77. The minimum absolute atomic E-state index is 0.00865. The number of carbonyl (C=O) groups excluding carboxylic acids is 1. The third-order valence-electron chi connectivity index (χ3n) is 15.3. The van der Waals surface area contributed by atoms with Crippen molar-refractivity contribution in [2.24, 2.45) is 56.7 Å². The van der Waals surface area contributed by atoms with Gasteiger partial charge in [-0.3, -0.25) is 8.98 Å². The van der Waals surface area contributed by atoms with Crippen molar-refractivity contribution in [3.05, 3.63) is 42.0 Å². The molecule has 0 unspecified atom stereocenters. The molecule has 10 atom stereocenters. The van der Waals surface area contributed by atoms with E-state index in [1.807, 2.05) is 19.1 Å². The Labute approximate surface area is 273 Å². The highest BCUT2D eigenvalue weighted by atomic mass is 32.2. The second kappa shape index (κ2) is 10.9. The highest BCUT2D eigenvalue weighted by Gasteiger charge is 2.71. The molecule has 5 saturated carbocycles. The Morgan fingerprint density at radius 1 is 0.844 bits per heavy atom. The zero-order valence-electron chi connectivity index (χ0n) is 29.2. The number of ether oxygens (including phenoxy) is 1. The fraction of sp³-hybridized carbons (Fsp3) is 0.769. The number of allylic oxidation sites excluding steroid dienone is 1. The lowest BCUT2D eigenvalue weighted by Crippen LogP contribution is -2.67. The van der Waals surface area contributed by atoms with Gasteiger partial charge in [0.2, 0.25) is 0 Å². The zero-order valence-corrected chi connectivity index (χ0v) is 30.0. The van der Waals surface area contributed by atoms with Crippen LogP contribution in [-0.4, -0.2) is 27.1 Å². The summed E-state index contributed by atoms with van der Waals surface area (Å²) in [6, 6.07) is 7.02. The number of esters is 1. The maximum atomic E-state index is 13.4. The van der Waals surface area contributed by atoms with Gasteiger partial charge in [0.25, 0.3) is 10.1 Å². The van der Waals surface area contributed by atoms with Gasteiger partial charge in [0, 0.05) is 12.3 Å². The first kappa shape index (κ1) is 33.2. The largest absolute Gasteiger partial charge is 0.462 e. The Kier molecular flexibility index (Phi) is 8.08. The van der Waals surface area contributed by atoms with Crippen molar-refractivity contribution in [2.75, 3.05) is 6.61 Å². The normalized spacial score (nSPS) is 43.7. The van der Waals surface area contributed by atoms with E-state index in [1.165, 1.54) is 31.3 Å². The number of aryl methyl sites for hydroxylation is 1. The van der Waals surface area contributed by atoms with Gasteiger partial charge in [0.15, 0.2) is 0 Å². The number of carbonyl (C=O) groups is 1. The minimum Gasteiger partial charge on any atom is -0.462 e. The van der Waals surface area contributed by atoms with Crippen LogP contribution in [0.25, 0.3) is 0 Å². The van der Waals surface area contributed by atoms with Gasteiger partial charge in [0.05, 0.1) is 11.5 Å². The molecule has 1 aromatic carbocycles. The van der Waals surface area contributed by atoms with Crippen LogP contribution in [0.5, 0.6) is 0 Å². The molecule has 0 heterocycles. The van der Waals surface area contributed by atoms with Crippen molar-refractivity contribution in [3.8, 4) is 0 Å². The van der Waals surface area contributed by atoms with E-state index in [-0.39, 0.29) is 50.7 Å². The van der Waals surface area contributed by atoms with Crippen molar-refractivity contribution in [3.63, 3.8) is 0 Å². The Bertz CT molecular complexity index is 1450. The molecule has 0 aliphatic heterocycles. The van der Waals surface area contributed by atoms with Gasteiger partial charge in [-0.2, -0.15) is 8.42 Å². The van der Waals surface area contributed by atoms with Gasteiger partial charge in [-0.05, 0) is 141 Å². The van der Waals surface area contributed by atoms with Crippen molar-refractivity contribution >= 4 is 16.1 Å². The van der Waals surface area contributed by atoms with Crippen LogP contribution >= 0.6 is 0 Å². The van der Waals surface area contributed by atoms with Crippen LogP contribution in [0.15, 0.2) is 41.3 Å². The maximum absolute atomic E-state index is 13.4. The molecule has 5 aliphatic rings. The van der Waals surface area contributed by atoms with Crippen LogP contribution in [0.1, 0.15) is 118 Å². The predicted molar refractivity (Wildman–Crippen MR) is 179 cm³/mol. The molecule has 0 radical (unpaired) electrons. The fourth-order valence-electron chi connectivity index (χ4n) is 12.9. The lowest BCUT2D eigenvalue weighted by Gasteiger charge is -2.73. The van der Waals surface area contributed by atoms with Crippen LogP contribution in [0, 0.1) is 63.6 Å². The fourth-order valence-corrected chi connectivity index (χ4v) is 13.9. The van der Waals surface area contributed by atoms with Crippen molar-refractivity contribution < 1.29 is 22.1 Å². The van der Waals surface area contributed by atoms with Gasteiger partial charge in [-0.1, -0.05) is 64.5 Å². The van der Waals surface area contributed by atoms with E-state index in [1.54, 1.807) is 19.1 Å². The summed E-state index contributed by atoms with van der Waals surface area (Å²) >= 11 is 0. The van der Waals surface area contributed by atoms with E-state index < -0.39 is 10.1 Å². The number of hydrogen-bond acceptors (Lipinski definition) is 5. The van der Waals surface area contributed by atoms with E-state index in [4.69, 9.17) is 8.92 Å². The van der Waals surface area contributed by atoms with Crippen LogP contribution in [0.4, 0.5) is 0 Å². The number of fused-ring (bicyclic) bond motifs is 7. The first-order chi connectivity index (χ1) is 20.9. The third kappa shape index (κ3) is 4.92. The topological polar surface area (TPSA) is 69.7 Å². The Morgan fingerprint density at radius 2 is 1.53 bits per heavy atom. The average Bonchev–Trinajstić information content (AvgIpc) is 3.34. The molecule has 0 spiro atoms. The lowest BCUT2D eigenvalue weighted by molar-refractivity contribution is -0.251. The van der Waals surface area contributed by atoms with Gasteiger partial charge in [0.1, 0.15) is 6.10 Å². The summed E-state index contributed by atoms with van der Waals surface area (Å²) in [6.07, 6.45) is 11.1. The van der Waals surface area contributed by atoms with E-state index in [2.05, 4.69) is 48.1 Å². The van der Waals surface area contributed by atoms with E-state index in [0.717, 1.165) is 44.1 Å². The molecule has 250 valence electrons. The number of hydrogen-bond donors (Lipinski definition) is 0. The summed E-state index contributed by atoms with van der Waals surface area (Å²) in [7, 11) is -3.83. The molecule has 0 amide bonds. The summed E-state index contributed by atoms with van der Waals surface area (Å²) in [5, 5.41) is 0. The van der Waals surface area contributed by atoms with E-state index in [9.17, 15) is 13.2 Å². The molecule has 6 rings (SSSR count). The molecular weight excluding hydrogens is 580 g/mol. The quantitative estimate of drug-likeness (QED) is 0.176. The van der Waals surface area contributed by atoms with Gasteiger partial charge < -0.3 is 4.74 Å². The van der Waals surface area contributed by atoms with Crippen LogP contribution in [0.3, 0.4) is 0 Å². The van der Waals surface area contributed by atoms with Crippen molar-refractivity contribution in [2.45, 2.75) is 131 Å². The lowest BCUT2D eigenvalue weighted by atomic mass is 9.32. The average molecular weight is 639 g/mol. The molecule has 5 aliphatic carbocycles. The van der Waals surface area contributed by atoms with E-state index in [0.29, 0.717) is 29.6 Å². The van der Waals surface area contributed by atoms with Crippen LogP contribution in [0.2, 0.25) is 0 Å². The molecule has 0 bridgehead atoms. The zero-order chi connectivity index (χ0) is 32.8. The molecule has 45 heavy (non-hydrogen) atoms. The van der Waals surface area contributed by atoms with Gasteiger partial charge >= 0.3 is 5.97 Å². The summed E-state index contributed by atoms with van der Waals surface area (Å²) in [5.41, 5.74) is 2.69. The summed E-state index contributed by atoms with van der Waals surface area (Å²) < 4.78 is 38.8. The minimum atomic E-state index is -3.83. The summed E-state index contributed by atoms with van der Waals surface area (Å²) in [4.78, 5) is 12.3. The van der Waals surface area contributed by atoms with Crippen molar-refractivity contribution in [1.29, 1.82) is 0 Å².